The molecule has 3 rings (SSSR count). The summed E-state index contributed by atoms with van der Waals surface area (Å²) in [6, 6.07) is 6.52. The smallest absolute Gasteiger partial charge is 0.334 e. The fourth-order valence-electron chi connectivity index (χ4n) is 3.15. The summed E-state index contributed by atoms with van der Waals surface area (Å²) in [5.41, 5.74) is 0. The van der Waals surface area contributed by atoms with Gasteiger partial charge in [-0.2, -0.15) is 0 Å². The Labute approximate surface area is 162 Å². The van der Waals surface area contributed by atoms with E-state index >= 15 is 0 Å². The van der Waals surface area contributed by atoms with Crippen LogP contribution in [0.2, 0.25) is 0 Å². The predicted octanol–water partition coefficient (Wildman–Crippen LogP) is 0.876. The van der Waals surface area contributed by atoms with Crippen molar-refractivity contribution in [3.63, 3.8) is 0 Å². The molecule has 2 heterocycles. The van der Waals surface area contributed by atoms with Crippen molar-refractivity contribution >= 4 is 23.8 Å². The van der Waals surface area contributed by atoms with E-state index in [-0.39, 0.29) is 25.8 Å². The van der Waals surface area contributed by atoms with Crippen molar-refractivity contribution in [3.8, 4) is 11.5 Å². The lowest BCUT2D eigenvalue weighted by Gasteiger charge is -2.31. The van der Waals surface area contributed by atoms with Crippen LogP contribution < -0.4 is 9.47 Å². The molecule has 0 saturated carbocycles. The molecule has 0 N–H and O–H groups in total. The molecule has 2 aliphatic heterocycles. The Hall–Kier alpha value is -3.10. The van der Waals surface area contributed by atoms with Crippen LogP contribution in [0.1, 0.15) is 20.3 Å². The predicted molar refractivity (Wildman–Crippen MR) is 97.7 cm³/mol. The largest absolute Gasteiger partial charge is 0.486 e. The maximum absolute atomic E-state index is 12.7. The molecule has 1 atom stereocenters. The summed E-state index contributed by atoms with van der Waals surface area (Å²) in [5, 5.41) is 0. The van der Waals surface area contributed by atoms with Crippen LogP contribution in [0.4, 0.5) is 4.79 Å². The summed E-state index contributed by atoms with van der Waals surface area (Å²) in [7, 11) is 0. The molecular formula is C19H23N3O6. The second-order valence-corrected chi connectivity index (χ2v) is 6.56. The van der Waals surface area contributed by atoms with E-state index in [9.17, 15) is 19.2 Å². The van der Waals surface area contributed by atoms with Gasteiger partial charge in [0, 0.05) is 13.1 Å². The third-order valence-electron chi connectivity index (χ3n) is 4.60. The first-order chi connectivity index (χ1) is 13.5. The summed E-state index contributed by atoms with van der Waals surface area (Å²) in [4.78, 5) is 52.0. The second kappa shape index (κ2) is 8.28. The van der Waals surface area contributed by atoms with Crippen molar-refractivity contribution < 1.29 is 28.7 Å². The number of fused-ring (bicyclic) bond motifs is 1. The van der Waals surface area contributed by atoms with Gasteiger partial charge in [0.1, 0.15) is 13.2 Å². The van der Waals surface area contributed by atoms with Crippen molar-refractivity contribution in [1.82, 2.24) is 14.7 Å². The van der Waals surface area contributed by atoms with Gasteiger partial charge in [0.2, 0.25) is 5.91 Å². The van der Waals surface area contributed by atoms with Gasteiger partial charge in [-0.3, -0.25) is 19.3 Å². The van der Waals surface area contributed by atoms with Crippen LogP contribution in [-0.4, -0.2) is 77.3 Å². The molecule has 9 nitrogen and oxygen atoms in total. The Kier molecular flexibility index (Phi) is 5.81. The molecule has 2 aliphatic rings. The van der Waals surface area contributed by atoms with Gasteiger partial charge in [0.15, 0.2) is 17.6 Å². The lowest BCUT2D eigenvalue weighted by atomic mass is 10.2. The summed E-state index contributed by atoms with van der Waals surface area (Å²) >= 11 is 0. The fourth-order valence-corrected chi connectivity index (χ4v) is 3.15. The van der Waals surface area contributed by atoms with E-state index in [1.54, 1.807) is 26.0 Å². The zero-order valence-electron chi connectivity index (χ0n) is 15.9. The highest BCUT2D eigenvalue weighted by atomic mass is 16.6. The van der Waals surface area contributed by atoms with E-state index in [2.05, 4.69) is 0 Å². The van der Waals surface area contributed by atoms with Gasteiger partial charge < -0.3 is 14.4 Å². The molecule has 0 unspecified atom stereocenters. The van der Waals surface area contributed by atoms with E-state index < -0.39 is 30.3 Å². The number of likely N-dealkylation sites (N-methyl/N-ethyl adjacent to an activating group) is 1. The monoisotopic (exact) mass is 389 g/mol. The minimum absolute atomic E-state index is 0.151. The molecule has 150 valence electrons. The first kappa shape index (κ1) is 19.7. The Bertz CT molecular complexity index is 796. The third kappa shape index (κ3) is 3.78. The van der Waals surface area contributed by atoms with Crippen molar-refractivity contribution in [3.05, 3.63) is 24.3 Å². The number of benzene rings is 1. The molecule has 1 saturated heterocycles. The summed E-state index contributed by atoms with van der Waals surface area (Å²) in [5.74, 6) is -1.03. The van der Waals surface area contributed by atoms with Crippen molar-refractivity contribution in [2.24, 2.45) is 0 Å². The summed E-state index contributed by atoms with van der Waals surface area (Å²) in [6.07, 6.45) is 0.163. The third-order valence-corrected chi connectivity index (χ3v) is 4.60. The summed E-state index contributed by atoms with van der Waals surface area (Å²) in [6.45, 7) is 4.15. The first-order valence-corrected chi connectivity index (χ1v) is 9.29. The minimum atomic E-state index is -0.964. The molecule has 0 spiro atoms. The standard InChI is InChI=1S/C19H23N3O6/c1-3-9-21-17(24)18(25)22(19(21)26)11-16(23)20(4-2)10-13-12-27-14-7-5-6-8-15(14)28-13/h5-8,13H,3-4,9-12H2,1-2H3/t13-/m0/s1. The van der Waals surface area contributed by atoms with Crippen LogP contribution in [0.25, 0.3) is 0 Å². The van der Waals surface area contributed by atoms with Gasteiger partial charge >= 0.3 is 17.8 Å². The molecule has 0 aromatic heterocycles. The minimum Gasteiger partial charge on any atom is -0.486 e. The molecule has 0 radical (unpaired) electrons. The van der Waals surface area contributed by atoms with Crippen LogP contribution in [0, 0.1) is 0 Å². The van der Waals surface area contributed by atoms with Crippen molar-refractivity contribution in [1.29, 1.82) is 0 Å². The van der Waals surface area contributed by atoms with Crippen LogP contribution in [0.5, 0.6) is 11.5 Å². The lowest BCUT2D eigenvalue weighted by Crippen LogP contribution is -2.48. The number of ether oxygens (including phenoxy) is 2. The molecule has 0 bridgehead atoms. The quantitative estimate of drug-likeness (QED) is 0.507. The van der Waals surface area contributed by atoms with E-state index in [1.165, 1.54) is 4.90 Å². The average molecular weight is 389 g/mol. The average Bonchev–Trinajstić information content (AvgIpc) is 2.90. The molecule has 28 heavy (non-hydrogen) atoms. The zero-order chi connectivity index (χ0) is 20.3. The van der Waals surface area contributed by atoms with Gasteiger partial charge in [-0.1, -0.05) is 19.1 Å². The lowest BCUT2D eigenvalue weighted by molar-refractivity contribution is -0.145. The van der Waals surface area contributed by atoms with Crippen LogP contribution in [-0.2, 0) is 14.4 Å². The zero-order valence-corrected chi connectivity index (χ0v) is 15.9. The number of hydrogen-bond acceptors (Lipinski definition) is 6. The number of imide groups is 2. The molecule has 1 aromatic rings. The number of para-hydroxylation sites is 2. The van der Waals surface area contributed by atoms with Crippen molar-refractivity contribution in [2.75, 3.05) is 32.8 Å². The van der Waals surface area contributed by atoms with Gasteiger partial charge in [0.05, 0.1) is 6.54 Å². The van der Waals surface area contributed by atoms with Crippen molar-refractivity contribution in [2.45, 2.75) is 26.4 Å². The Morgan fingerprint density at radius 3 is 2.46 bits per heavy atom. The molecule has 1 aromatic carbocycles. The highest BCUT2D eigenvalue weighted by molar-refractivity contribution is 6.45. The van der Waals surface area contributed by atoms with E-state index in [4.69, 9.17) is 9.47 Å². The van der Waals surface area contributed by atoms with Gasteiger partial charge in [-0.15, -0.1) is 0 Å². The number of amides is 5. The number of nitrogens with zero attached hydrogens (tertiary/aromatic N) is 3. The normalized spacial score (nSPS) is 18.6. The number of rotatable bonds is 7. The molecule has 9 heteroatoms. The number of hydrogen-bond donors (Lipinski definition) is 0. The van der Waals surface area contributed by atoms with Crippen LogP contribution >= 0.6 is 0 Å². The highest BCUT2D eigenvalue weighted by Crippen LogP contribution is 2.31. The maximum Gasteiger partial charge on any atom is 0.334 e. The van der Waals surface area contributed by atoms with Gasteiger partial charge in [-0.05, 0) is 25.5 Å². The maximum atomic E-state index is 12.7. The van der Waals surface area contributed by atoms with Gasteiger partial charge in [0.25, 0.3) is 0 Å². The Balaban J connectivity index is 1.62. The second-order valence-electron chi connectivity index (χ2n) is 6.56. The highest BCUT2D eigenvalue weighted by Gasteiger charge is 2.45. The number of carbonyl (C=O) groups excluding carboxylic acids is 4. The topological polar surface area (TPSA) is 96.5 Å². The molecule has 5 amide bonds. The van der Waals surface area contributed by atoms with Crippen LogP contribution in [0.3, 0.4) is 0 Å². The van der Waals surface area contributed by atoms with Gasteiger partial charge in [-0.25, -0.2) is 9.69 Å². The SMILES string of the molecule is CCCN1C(=O)C(=O)N(CC(=O)N(CC)C[C@H]2COc3ccccc3O2)C1=O. The molecular weight excluding hydrogens is 366 g/mol. The first-order valence-electron chi connectivity index (χ1n) is 9.29. The van der Waals surface area contributed by atoms with Crippen LogP contribution in [0.15, 0.2) is 24.3 Å². The molecule has 1 fully saturated rings. The van der Waals surface area contributed by atoms with E-state index in [1.807, 2.05) is 12.1 Å². The number of carbonyl (C=O) groups is 4. The van der Waals surface area contributed by atoms with E-state index in [0.717, 1.165) is 4.90 Å². The Morgan fingerprint density at radius 2 is 1.79 bits per heavy atom. The van der Waals surface area contributed by atoms with E-state index in [0.29, 0.717) is 29.4 Å². The Morgan fingerprint density at radius 1 is 1.11 bits per heavy atom. The summed E-state index contributed by atoms with van der Waals surface area (Å²) < 4.78 is 11.5. The fraction of sp³-hybridized carbons (Fsp3) is 0.474. The molecule has 0 aliphatic carbocycles. The number of urea groups is 1.